The SMILES string of the molecule is Cc1ccc(NC(=O)CSC(C)C(=O)Nc2nc(-c3ccc(F)c(F)c3)cs2)cc1. The van der Waals surface area contributed by atoms with Gasteiger partial charge in [0, 0.05) is 16.6 Å². The van der Waals surface area contributed by atoms with Crippen molar-refractivity contribution < 1.29 is 18.4 Å². The van der Waals surface area contributed by atoms with Crippen LogP contribution in [0.3, 0.4) is 0 Å². The summed E-state index contributed by atoms with van der Waals surface area (Å²) in [6, 6.07) is 11.0. The number of thioether (sulfide) groups is 1. The first-order valence-corrected chi connectivity index (χ1v) is 10.9. The minimum absolute atomic E-state index is 0.125. The zero-order valence-corrected chi connectivity index (χ0v) is 17.9. The summed E-state index contributed by atoms with van der Waals surface area (Å²) in [5, 5.41) is 6.98. The number of benzene rings is 2. The number of halogens is 2. The van der Waals surface area contributed by atoms with Crippen LogP contribution < -0.4 is 10.6 Å². The Hall–Kier alpha value is -2.78. The first-order chi connectivity index (χ1) is 14.3. The van der Waals surface area contributed by atoms with Crippen molar-refractivity contribution in [1.29, 1.82) is 0 Å². The predicted molar refractivity (Wildman–Crippen MR) is 118 cm³/mol. The second kappa shape index (κ2) is 9.82. The third-order valence-corrected chi connectivity index (χ3v) is 6.02. The van der Waals surface area contributed by atoms with E-state index in [0.29, 0.717) is 22.1 Å². The van der Waals surface area contributed by atoms with Crippen LogP contribution in [-0.4, -0.2) is 27.8 Å². The number of anilines is 2. The number of amides is 2. The fourth-order valence-electron chi connectivity index (χ4n) is 2.44. The number of nitrogens with one attached hydrogen (secondary N) is 2. The van der Waals surface area contributed by atoms with Gasteiger partial charge in [-0.25, -0.2) is 13.8 Å². The molecule has 2 amide bonds. The lowest BCUT2D eigenvalue weighted by Gasteiger charge is -2.11. The molecular weight excluding hydrogens is 428 g/mol. The van der Waals surface area contributed by atoms with Crippen LogP contribution in [0.25, 0.3) is 11.3 Å². The Morgan fingerprint density at radius 3 is 2.53 bits per heavy atom. The number of thiazole rings is 1. The van der Waals surface area contributed by atoms with Gasteiger partial charge in [0.15, 0.2) is 16.8 Å². The van der Waals surface area contributed by atoms with Crippen LogP contribution in [0.15, 0.2) is 47.8 Å². The second-order valence-corrected chi connectivity index (χ2v) is 8.71. The van der Waals surface area contributed by atoms with Crippen molar-refractivity contribution in [2.45, 2.75) is 19.1 Å². The monoisotopic (exact) mass is 447 g/mol. The molecule has 0 bridgehead atoms. The maximum atomic E-state index is 13.4. The highest BCUT2D eigenvalue weighted by Gasteiger charge is 2.17. The van der Waals surface area contributed by atoms with Crippen LogP contribution in [0.4, 0.5) is 19.6 Å². The molecule has 3 aromatic rings. The first kappa shape index (κ1) is 21.9. The molecular formula is C21H19F2N3O2S2. The van der Waals surface area contributed by atoms with Crippen LogP contribution in [0, 0.1) is 18.6 Å². The van der Waals surface area contributed by atoms with E-state index in [4.69, 9.17) is 0 Å². The molecule has 2 N–H and O–H groups in total. The molecule has 30 heavy (non-hydrogen) atoms. The van der Waals surface area contributed by atoms with Gasteiger partial charge in [-0.2, -0.15) is 0 Å². The van der Waals surface area contributed by atoms with E-state index in [9.17, 15) is 18.4 Å². The molecule has 0 aliphatic carbocycles. The van der Waals surface area contributed by atoms with E-state index in [1.54, 1.807) is 12.3 Å². The van der Waals surface area contributed by atoms with E-state index in [0.717, 1.165) is 17.7 Å². The summed E-state index contributed by atoms with van der Waals surface area (Å²) in [6.45, 7) is 3.66. The zero-order valence-electron chi connectivity index (χ0n) is 16.2. The van der Waals surface area contributed by atoms with E-state index in [1.807, 2.05) is 31.2 Å². The van der Waals surface area contributed by atoms with E-state index in [-0.39, 0.29) is 17.6 Å². The summed E-state index contributed by atoms with van der Waals surface area (Å²) >= 11 is 2.38. The molecule has 2 aromatic carbocycles. The van der Waals surface area contributed by atoms with Crippen LogP contribution in [0.1, 0.15) is 12.5 Å². The average Bonchev–Trinajstić information content (AvgIpc) is 3.18. The van der Waals surface area contributed by atoms with Gasteiger partial charge < -0.3 is 10.6 Å². The van der Waals surface area contributed by atoms with Crippen molar-refractivity contribution in [3.63, 3.8) is 0 Å². The Labute approximate surface area is 180 Å². The number of aromatic nitrogens is 1. The number of rotatable bonds is 7. The van der Waals surface area contributed by atoms with Gasteiger partial charge in [0.1, 0.15) is 0 Å². The Bertz CT molecular complexity index is 1050. The Morgan fingerprint density at radius 1 is 1.10 bits per heavy atom. The molecule has 0 saturated carbocycles. The topological polar surface area (TPSA) is 71.1 Å². The number of nitrogens with zero attached hydrogens (tertiary/aromatic N) is 1. The summed E-state index contributed by atoms with van der Waals surface area (Å²) < 4.78 is 26.5. The van der Waals surface area contributed by atoms with Gasteiger partial charge in [-0.15, -0.1) is 23.1 Å². The molecule has 1 atom stereocenters. The zero-order chi connectivity index (χ0) is 21.7. The predicted octanol–water partition coefficient (Wildman–Crippen LogP) is 5.10. The molecule has 0 aliphatic rings. The van der Waals surface area contributed by atoms with Crippen LogP contribution >= 0.6 is 23.1 Å². The highest BCUT2D eigenvalue weighted by atomic mass is 32.2. The van der Waals surface area contributed by atoms with Crippen molar-refractivity contribution in [1.82, 2.24) is 4.98 Å². The lowest BCUT2D eigenvalue weighted by atomic mass is 10.2. The molecule has 0 fully saturated rings. The van der Waals surface area contributed by atoms with Crippen molar-refractivity contribution >= 4 is 45.7 Å². The lowest BCUT2D eigenvalue weighted by Crippen LogP contribution is -2.25. The maximum absolute atomic E-state index is 13.4. The Kier molecular flexibility index (Phi) is 7.17. The summed E-state index contributed by atoms with van der Waals surface area (Å²) in [6.07, 6.45) is 0. The van der Waals surface area contributed by atoms with Gasteiger partial charge in [0.05, 0.1) is 16.7 Å². The Balaban J connectivity index is 1.50. The summed E-state index contributed by atoms with van der Waals surface area (Å²) in [4.78, 5) is 28.7. The smallest absolute Gasteiger partial charge is 0.239 e. The average molecular weight is 448 g/mol. The fraction of sp³-hybridized carbons (Fsp3) is 0.190. The fourth-order valence-corrected chi connectivity index (χ4v) is 3.84. The van der Waals surface area contributed by atoms with Crippen molar-refractivity contribution in [2.75, 3.05) is 16.4 Å². The molecule has 0 spiro atoms. The van der Waals surface area contributed by atoms with E-state index < -0.39 is 16.9 Å². The largest absolute Gasteiger partial charge is 0.325 e. The number of hydrogen-bond acceptors (Lipinski definition) is 5. The summed E-state index contributed by atoms with van der Waals surface area (Å²) in [5.41, 5.74) is 2.66. The van der Waals surface area contributed by atoms with Gasteiger partial charge in [-0.05, 0) is 44.2 Å². The van der Waals surface area contributed by atoms with Crippen LogP contribution in [-0.2, 0) is 9.59 Å². The highest BCUT2D eigenvalue weighted by molar-refractivity contribution is 8.01. The molecule has 1 aromatic heterocycles. The van der Waals surface area contributed by atoms with Gasteiger partial charge in [0.25, 0.3) is 0 Å². The minimum Gasteiger partial charge on any atom is -0.325 e. The molecule has 0 saturated heterocycles. The minimum atomic E-state index is -0.958. The summed E-state index contributed by atoms with van der Waals surface area (Å²) in [7, 11) is 0. The standard InChI is InChI=1S/C21H19F2N3O2S2/c1-12-3-6-15(7-4-12)24-19(27)11-29-13(2)20(28)26-21-25-18(10-30-21)14-5-8-16(22)17(23)9-14/h3-10,13H,11H2,1-2H3,(H,24,27)(H,25,26,28). The normalized spacial score (nSPS) is 11.7. The van der Waals surface area contributed by atoms with Crippen LogP contribution in [0.5, 0.6) is 0 Å². The first-order valence-electron chi connectivity index (χ1n) is 9.02. The third-order valence-electron chi connectivity index (χ3n) is 4.12. The maximum Gasteiger partial charge on any atom is 0.239 e. The van der Waals surface area contributed by atoms with E-state index in [2.05, 4.69) is 15.6 Å². The second-order valence-electron chi connectivity index (χ2n) is 6.52. The number of carbonyl (C=O) groups is 2. The van der Waals surface area contributed by atoms with Gasteiger partial charge in [-0.1, -0.05) is 17.7 Å². The van der Waals surface area contributed by atoms with Crippen LogP contribution in [0.2, 0.25) is 0 Å². The van der Waals surface area contributed by atoms with Gasteiger partial charge in [-0.3, -0.25) is 9.59 Å². The molecule has 156 valence electrons. The molecule has 9 heteroatoms. The number of hydrogen-bond donors (Lipinski definition) is 2. The third kappa shape index (κ3) is 5.87. The molecule has 1 heterocycles. The van der Waals surface area contributed by atoms with Gasteiger partial charge in [0.2, 0.25) is 11.8 Å². The lowest BCUT2D eigenvalue weighted by molar-refractivity contribution is -0.115. The van der Waals surface area contributed by atoms with Crippen molar-refractivity contribution in [2.24, 2.45) is 0 Å². The Morgan fingerprint density at radius 2 is 1.83 bits per heavy atom. The van der Waals surface area contributed by atoms with E-state index >= 15 is 0 Å². The molecule has 1 unspecified atom stereocenters. The highest BCUT2D eigenvalue weighted by Crippen LogP contribution is 2.26. The van der Waals surface area contributed by atoms with Crippen molar-refractivity contribution in [3.05, 3.63) is 65.0 Å². The van der Waals surface area contributed by atoms with Gasteiger partial charge >= 0.3 is 0 Å². The van der Waals surface area contributed by atoms with Crippen molar-refractivity contribution in [3.8, 4) is 11.3 Å². The number of carbonyl (C=O) groups excluding carboxylic acids is 2. The molecule has 0 aliphatic heterocycles. The molecule has 5 nitrogen and oxygen atoms in total. The molecule has 3 rings (SSSR count). The summed E-state index contributed by atoms with van der Waals surface area (Å²) in [5.74, 6) is -2.26. The quantitative estimate of drug-likeness (QED) is 0.529. The van der Waals surface area contributed by atoms with E-state index in [1.165, 1.54) is 29.2 Å². The number of aryl methyl sites for hydroxylation is 1. The molecule has 0 radical (unpaired) electrons.